The first kappa shape index (κ1) is 26.0. The first-order valence-corrected chi connectivity index (χ1v) is 12.3. The zero-order chi connectivity index (χ0) is 26.6. The number of aliphatic imine (C=N–C) groups is 2. The molecule has 0 fully saturated rings. The third kappa shape index (κ3) is 6.21. The number of fused-ring (bicyclic) bond motifs is 1. The van der Waals surface area contributed by atoms with Crippen LogP contribution in [0.25, 0.3) is 0 Å². The van der Waals surface area contributed by atoms with E-state index in [9.17, 15) is 4.79 Å². The highest BCUT2D eigenvalue weighted by Crippen LogP contribution is 2.17. The van der Waals surface area contributed by atoms with E-state index in [1.165, 1.54) is 0 Å². The van der Waals surface area contributed by atoms with E-state index < -0.39 is 0 Å². The second-order valence-corrected chi connectivity index (χ2v) is 10.0. The average molecular weight is 502 g/mol. The first-order chi connectivity index (χ1) is 17.7. The van der Waals surface area contributed by atoms with Crippen LogP contribution in [0, 0.1) is 6.92 Å². The smallest absolute Gasteiger partial charge is 0.254 e. The van der Waals surface area contributed by atoms with E-state index in [1.54, 1.807) is 24.1 Å². The zero-order valence-corrected chi connectivity index (χ0v) is 22.2. The van der Waals surface area contributed by atoms with E-state index in [0.29, 0.717) is 17.9 Å². The Hall–Kier alpha value is -4.05. The Morgan fingerprint density at radius 3 is 2.73 bits per heavy atom. The van der Waals surface area contributed by atoms with Crippen molar-refractivity contribution in [1.82, 2.24) is 30.2 Å². The van der Waals surface area contributed by atoms with Gasteiger partial charge in [0.2, 0.25) is 0 Å². The second kappa shape index (κ2) is 10.9. The summed E-state index contributed by atoms with van der Waals surface area (Å²) in [6, 6.07) is 8.06. The van der Waals surface area contributed by atoms with Crippen LogP contribution in [0.3, 0.4) is 0 Å². The standard InChI is InChI=1S/C27H35N9O/c1-18-11-19(7-8-20(18)14-31-26(37)21-15-32-36(17-21)27(2,3)4)23(28-5)13-24(29-6)33-25-12-22-16-30-9-10-35(22)34-25/h7-8,11-13,15,17,30H,6,9-10,14,16H2,1-5H3,(H,31,37)(H,33,34)/b24-13+,28-23+. The SMILES string of the molecule is C=N/C(=C\C(=N/C)c1ccc(CNC(=O)c2cnn(C(C)(C)C)c2)c(C)c1)Nc1cc2n(n1)CCNC2. The summed E-state index contributed by atoms with van der Waals surface area (Å²) in [5, 5.41) is 18.5. The van der Waals surface area contributed by atoms with Gasteiger partial charge in [-0.25, -0.2) is 4.99 Å². The number of allylic oxidation sites excluding steroid dienone is 1. The van der Waals surface area contributed by atoms with Gasteiger partial charge in [-0.15, -0.1) is 0 Å². The van der Waals surface area contributed by atoms with Crippen LogP contribution in [0.5, 0.6) is 0 Å². The molecule has 10 nitrogen and oxygen atoms in total. The van der Waals surface area contributed by atoms with Crippen molar-refractivity contribution in [1.29, 1.82) is 0 Å². The first-order valence-electron chi connectivity index (χ1n) is 12.3. The third-order valence-electron chi connectivity index (χ3n) is 6.22. The summed E-state index contributed by atoms with van der Waals surface area (Å²) in [7, 11) is 1.74. The van der Waals surface area contributed by atoms with E-state index in [-0.39, 0.29) is 11.4 Å². The Balaban J connectivity index is 1.43. The summed E-state index contributed by atoms with van der Waals surface area (Å²) in [6.45, 7) is 14.8. The molecule has 3 N–H and O–H groups in total. The minimum absolute atomic E-state index is 0.151. The molecule has 37 heavy (non-hydrogen) atoms. The summed E-state index contributed by atoms with van der Waals surface area (Å²) in [5.41, 5.74) is 5.27. The fourth-order valence-corrected chi connectivity index (χ4v) is 4.05. The lowest BCUT2D eigenvalue weighted by atomic mass is 10.0. The number of carbonyl (C=O) groups is 1. The number of aromatic nitrogens is 4. The van der Waals surface area contributed by atoms with Crippen LogP contribution in [0.2, 0.25) is 0 Å². The molecule has 1 aliphatic heterocycles. The van der Waals surface area contributed by atoms with Gasteiger partial charge < -0.3 is 16.0 Å². The molecule has 0 bridgehead atoms. The Labute approximate surface area is 217 Å². The molecule has 1 aliphatic rings. The van der Waals surface area contributed by atoms with Gasteiger partial charge >= 0.3 is 0 Å². The number of nitrogens with zero attached hydrogens (tertiary/aromatic N) is 6. The normalized spacial score (nSPS) is 14.3. The van der Waals surface area contributed by atoms with Crippen molar-refractivity contribution in [3.05, 3.63) is 76.5 Å². The molecule has 0 aliphatic carbocycles. The van der Waals surface area contributed by atoms with Gasteiger partial charge in [0.25, 0.3) is 5.91 Å². The number of carbonyl (C=O) groups excluding carboxylic acids is 1. The Bertz CT molecular complexity index is 1330. The Morgan fingerprint density at radius 1 is 1.27 bits per heavy atom. The molecule has 1 aromatic carbocycles. The van der Waals surface area contributed by atoms with Gasteiger partial charge in [-0.3, -0.25) is 19.2 Å². The Kier molecular flexibility index (Phi) is 7.68. The number of amides is 1. The molecular weight excluding hydrogens is 466 g/mol. The molecule has 194 valence electrons. The lowest BCUT2D eigenvalue weighted by Gasteiger charge is -2.18. The maximum Gasteiger partial charge on any atom is 0.254 e. The number of hydrogen-bond donors (Lipinski definition) is 3. The number of rotatable bonds is 8. The average Bonchev–Trinajstić information content (AvgIpc) is 3.53. The summed E-state index contributed by atoms with van der Waals surface area (Å²) >= 11 is 0. The van der Waals surface area contributed by atoms with Crippen molar-refractivity contribution in [2.24, 2.45) is 9.98 Å². The fourth-order valence-electron chi connectivity index (χ4n) is 4.05. The van der Waals surface area contributed by atoms with Gasteiger partial charge in [0.15, 0.2) is 5.82 Å². The zero-order valence-electron chi connectivity index (χ0n) is 22.2. The number of benzene rings is 1. The maximum absolute atomic E-state index is 12.6. The fraction of sp³-hybridized carbons (Fsp3) is 0.370. The van der Waals surface area contributed by atoms with Crippen LogP contribution in [0.4, 0.5) is 5.82 Å². The van der Waals surface area contributed by atoms with Crippen LogP contribution in [-0.2, 0) is 25.2 Å². The maximum atomic E-state index is 12.6. The molecule has 0 radical (unpaired) electrons. The highest BCUT2D eigenvalue weighted by molar-refractivity contribution is 6.09. The highest BCUT2D eigenvalue weighted by atomic mass is 16.1. The van der Waals surface area contributed by atoms with E-state index in [4.69, 9.17) is 0 Å². The molecule has 0 saturated carbocycles. The predicted molar refractivity (Wildman–Crippen MR) is 147 cm³/mol. The van der Waals surface area contributed by atoms with Gasteiger partial charge in [0.1, 0.15) is 5.82 Å². The molecule has 3 heterocycles. The Morgan fingerprint density at radius 2 is 2.08 bits per heavy atom. The monoisotopic (exact) mass is 501 g/mol. The molecule has 0 unspecified atom stereocenters. The van der Waals surface area contributed by atoms with E-state index >= 15 is 0 Å². The van der Waals surface area contributed by atoms with Crippen LogP contribution < -0.4 is 16.0 Å². The summed E-state index contributed by atoms with van der Waals surface area (Å²) < 4.78 is 3.78. The minimum Gasteiger partial charge on any atom is -0.348 e. The molecule has 0 saturated heterocycles. The molecule has 0 atom stereocenters. The molecular formula is C27H35N9O. The number of nitrogens with one attached hydrogen (secondary N) is 3. The van der Waals surface area contributed by atoms with Crippen molar-refractivity contribution in [2.75, 3.05) is 18.9 Å². The summed E-state index contributed by atoms with van der Waals surface area (Å²) in [4.78, 5) is 21.2. The predicted octanol–water partition coefficient (Wildman–Crippen LogP) is 3.25. The molecule has 1 amide bonds. The molecule has 4 rings (SSSR count). The second-order valence-electron chi connectivity index (χ2n) is 10.0. The molecule has 10 heteroatoms. The van der Waals surface area contributed by atoms with Crippen molar-refractivity contribution in [3.63, 3.8) is 0 Å². The molecule has 0 spiro atoms. The van der Waals surface area contributed by atoms with Crippen molar-refractivity contribution in [3.8, 4) is 0 Å². The lowest BCUT2D eigenvalue weighted by molar-refractivity contribution is 0.0950. The van der Waals surface area contributed by atoms with Crippen molar-refractivity contribution in [2.45, 2.75) is 52.9 Å². The topological polar surface area (TPSA) is 114 Å². The van der Waals surface area contributed by atoms with Gasteiger partial charge in [-0.2, -0.15) is 10.2 Å². The van der Waals surface area contributed by atoms with Gasteiger partial charge in [0, 0.05) is 50.6 Å². The van der Waals surface area contributed by atoms with Gasteiger partial charge in [-0.05, 0) is 51.6 Å². The van der Waals surface area contributed by atoms with Crippen LogP contribution in [-0.4, -0.2) is 51.5 Å². The van der Waals surface area contributed by atoms with Crippen LogP contribution in [0.1, 0.15) is 53.5 Å². The third-order valence-corrected chi connectivity index (χ3v) is 6.22. The van der Waals surface area contributed by atoms with E-state index in [0.717, 1.165) is 53.5 Å². The lowest BCUT2D eigenvalue weighted by Crippen LogP contribution is -2.28. The number of aryl methyl sites for hydroxylation is 1. The van der Waals surface area contributed by atoms with E-state index in [2.05, 4.69) is 48.9 Å². The summed E-state index contributed by atoms with van der Waals surface area (Å²) in [6.07, 6.45) is 5.23. The van der Waals surface area contributed by atoms with Crippen molar-refractivity contribution < 1.29 is 4.79 Å². The van der Waals surface area contributed by atoms with Gasteiger partial charge in [-0.1, -0.05) is 12.1 Å². The van der Waals surface area contributed by atoms with E-state index in [1.807, 2.05) is 56.7 Å². The van der Waals surface area contributed by atoms with Crippen molar-refractivity contribution >= 4 is 24.2 Å². The number of anilines is 1. The highest BCUT2D eigenvalue weighted by Gasteiger charge is 2.17. The molecule has 2 aromatic heterocycles. The quantitative estimate of drug-likeness (QED) is 0.410. The molecule has 3 aromatic rings. The largest absolute Gasteiger partial charge is 0.348 e. The van der Waals surface area contributed by atoms with Gasteiger partial charge in [0.05, 0.1) is 35.2 Å². The van der Waals surface area contributed by atoms with Crippen LogP contribution >= 0.6 is 0 Å². The summed E-state index contributed by atoms with van der Waals surface area (Å²) in [5.74, 6) is 1.14. The minimum atomic E-state index is -0.177. The van der Waals surface area contributed by atoms with Crippen LogP contribution in [0.15, 0.2) is 58.5 Å². The number of hydrogen-bond acceptors (Lipinski definition) is 7.